The van der Waals surface area contributed by atoms with Crippen molar-refractivity contribution in [3.8, 4) is 5.75 Å². The largest absolute Gasteiger partial charge is 0.494 e. The minimum absolute atomic E-state index is 0.0855. The number of amides is 1. The van der Waals surface area contributed by atoms with Gasteiger partial charge in [-0.3, -0.25) is 4.79 Å². The number of nitrogens with zero attached hydrogens (tertiary/aromatic N) is 1. The molecule has 2 rings (SSSR count). The second-order valence-corrected chi connectivity index (χ2v) is 5.89. The van der Waals surface area contributed by atoms with Crippen molar-refractivity contribution in [1.29, 1.82) is 0 Å². The highest BCUT2D eigenvalue weighted by atomic mass is 16.5. The molecule has 116 valence electrons. The van der Waals surface area contributed by atoms with Crippen LogP contribution >= 0.6 is 0 Å². The molecule has 1 saturated heterocycles. The summed E-state index contributed by atoms with van der Waals surface area (Å²) < 4.78 is 5.60. The van der Waals surface area contributed by atoms with Crippen LogP contribution in [0.2, 0.25) is 0 Å². The van der Waals surface area contributed by atoms with Crippen LogP contribution in [0.5, 0.6) is 5.75 Å². The van der Waals surface area contributed by atoms with Crippen LogP contribution in [0.15, 0.2) is 24.3 Å². The number of piperidine rings is 1. The highest BCUT2D eigenvalue weighted by Gasteiger charge is 2.26. The van der Waals surface area contributed by atoms with E-state index >= 15 is 0 Å². The molecule has 1 aliphatic rings. The molecule has 0 saturated carbocycles. The topological polar surface area (TPSA) is 55.6 Å². The number of carbonyl (C=O) groups is 1. The van der Waals surface area contributed by atoms with E-state index in [0.717, 1.165) is 38.1 Å². The lowest BCUT2D eigenvalue weighted by atomic mass is 9.92. The third kappa shape index (κ3) is 4.21. The minimum Gasteiger partial charge on any atom is -0.494 e. The van der Waals surface area contributed by atoms with Crippen molar-refractivity contribution >= 4 is 5.91 Å². The summed E-state index contributed by atoms with van der Waals surface area (Å²) in [5, 5.41) is 0. The molecular weight excluding hydrogens is 264 g/mol. The van der Waals surface area contributed by atoms with Gasteiger partial charge < -0.3 is 15.4 Å². The van der Waals surface area contributed by atoms with Crippen molar-refractivity contribution in [1.82, 2.24) is 4.90 Å². The predicted molar refractivity (Wildman–Crippen MR) is 84.5 cm³/mol. The van der Waals surface area contributed by atoms with Gasteiger partial charge in [0.05, 0.1) is 6.61 Å². The van der Waals surface area contributed by atoms with E-state index in [4.69, 9.17) is 10.5 Å². The molecular formula is C17H26N2O2. The zero-order chi connectivity index (χ0) is 15.2. The van der Waals surface area contributed by atoms with E-state index in [1.807, 2.05) is 36.1 Å². The number of nitrogens with two attached hydrogens (primary N) is 1. The van der Waals surface area contributed by atoms with Crippen LogP contribution in [0.3, 0.4) is 0 Å². The SMILES string of the molecule is CCCOc1cccc(C(=O)N2CCCC(C(C)N)C2)c1. The number of likely N-dealkylation sites (tertiary alicyclic amines) is 1. The predicted octanol–water partition coefficient (Wildman–Crippen LogP) is 2.67. The Bertz CT molecular complexity index is 474. The zero-order valence-corrected chi connectivity index (χ0v) is 13.0. The molecule has 2 unspecified atom stereocenters. The summed E-state index contributed by atoms with van der Waals surface area (Å²) >= 11 is 0. The summed E-state index contributed by atoms with van der Waals surface area (Å²) in [5.74, 6) is 1.26. The monoisotopic (exact) mass is 290 g/mol. The summed E-state index contributed by atoms with van der Waals surface area (Å²) in [6, 6.07) is 7.61. The average molecular weight is 290 g/mol. The van der Waals surface area contributed by atoms with Gasteiger partial charge in [-0.05, 0) is 50.3 Å². The number of ether oxygens (including phenoxy) is 1. The molecule has 1 aliphatic heterocycles. The van der Waals surface area contributed by atoms with Crippen LogP contribution < -0.4 is 10.5 Å². The summed E-state index contributed by atoms with van der Waals surface area (Å²) in [4.78, 5) is 14.6. The number of benzene rings is 1. The first-order chi connectivity index (χ1) is 10.1. The van der Waals surface area contributed by atoms with Crippen LogP contribution in [0, 0.1) is 5.92 Å². The maximum absolute atomic E-state index is 12.6. The van der Waals surface area contributed by atoms with E-state index in [0.29, 0.717) is 18.1 Å². The summed E-state index contributed by atoms with van der Waals surface area (Å²) in [7, 11) is 0. The summed E-state index contributed by atoms with van der Waals surface area (Å²) in [6.07, 6.45) is 3.10. The lowest BCUT2D eigenvalue weighted by Crippen LogP contribution is -2.45. The first-order valence-corrected chi connectivity index (χ1v) is 7.89. The Labute approximate surface area is 127 Å². The van der Waals surface area contributed by atoms with Crippen LogP contribution in [0.4, 0.5) is 0 Å². The normalized spacial score (nSPS) is 20.1. The van der Waals surface area contributed by atoms with Crippen molar-refractivity contribution in [2.75, 3.05) is 19.7 Å². The van der Waals surface area contributed by atoms with Gasteiger partial charge in [0, 0.05) is 24.7 Å². The van der Waals surface area contributed by atoms with Gasteiger partial charge >= 0.3 is 0 Å². The molecule has 0 bridgehead atoms. The van der Waals surface area contributed by atoms with Crippen molar-refractivity contribution in [3.05, 3.63) is 29.8 Å². The maximum Gasteiger partial charge on any atom is 0.253 e. The molecule has 0 spiro atoms. The highest BCUT2D eigenvalue weighted by molar-refractivity contribution is 5.94. The Morgan fingerprint density at radius 1 is 1.52 bits per heavy atom. The molecule has 1 amide bonds. The average Bonchev–Trinajstić information content (AvgIpc) is 2.52. The fourth-order valence-electron chi connectivity index (χ4n) is 2.75. The van der Waals surface area contributed by atoms with Crippen LogP contribution in [-0.2, 0) is 0 Å². The number of hydrogen-bond acceptors (Lipinski definition) is 3. The fourth-order valence-corrected chi connectivity index (χ4v) is 2.75. The Morgan fingerprint density at radius 3 is 3.05 bits per heavy atom. The molecule has 1 heterocycles. The summed E-state index contributed by atoms with van der Waals surface area (Å²) in [5.41, 5.74) is 6.69. The van der Waals surface area contributed by atoms with Crippen molar-refractivity contribution < 1.29 is 9.53 Å². The van der Waals surface area contributed by atoms with Crippen LogP contribution in [0.25, 0.3) is 0 Å². The van der Waals surface area contributed by atoms with Gasteiger partial charge in [0.2, 0.25) is 0 Å². The first-order valence-electron chi connectivity index (χ1n) is 7.89. The third-order valence-electron chi connectivity index (χ3n) is 4.04. The van der Waals surface area contributed by atoms with E-state index in [1.54, 1.807) is 0 Å². The Morgan fingerprint density at radius 2 is 2.33 bits per heavy atom. The van der Waals surface area contributed by atoms with Crippen molar-refractivity contribution in [2.45, 2.75) is 39.2 Å². The molecule has 2 atom stereocenters. The van der Waals surface area contributed by atoms with Gasteiger partial charge in [0.25, 0.3) is 5.91 Å². The maximum atomic E-state index is 12.6. The number of hydrogen-bond donors (Lipinski definition) is 1. The van der Waals surface area contributed by atoms with E-state index < -0.39 is 0 Å². The molecule has 0 radical (unpaired) electrons. The number of carbonyl (C=O) groups excluding carboxylic acids is 1. The molecule has 1 aromatic rings. The lowest BCUT2D eigenvalue weighted by Gasteiger charge is -2.34. The van der Waals surface area contributed by atoms with E-state index in [9.17, 15) is 4.79 Å². The van der Waals surface area contributed by atoms with Crippen LogP contribution in [0.1, 0.15) is 43.5 Å². The second-order valence-electron chi connectivity index (χ2n) is 5.89. The molecule has 4 nitrogen and oxygen atoms in total. The zero-order valence-electron chi connectivity index (χ0n) is 13.0. The molecule has 1 aromatic carbocycles. The van der Waals surface area contributed by atoms with Gasteiger partial charge in [-0.25, -0.2) is 0 Å². The third-order valence-corrected chi connectivity index (χ3v) is 4.04. The van der Waals surface area contributed by atoms with Crippen LogP contribution in [-0.4, -0.2) is 36.5 Å². The van der Waals surface area contributed by atoms with Gasteiger partial charge in [0.1, 0.15) is 5.75 Å². The Hall–Kier alpha value is -1.55. The lowest BCUT2D eigenvalue weighted by molar-refractivity contribution is 0.0660. The van der Waals surface area contributed by atoms with E-state index in [2.05, 4.69) is 6.92 Å². The Kier molecular flexibility index (Phi) is 5.62. The quantitative estimate of drug-likeness (QED) is 0.907. The van der Waals surface area contributed by atoms with Crippen molar-refractivity contribution in [3.63, 3.8) is 0 Å². The molecule has 0 aromatic heterocycles. The highest BCUT2D eigenvalue weighted by Crippen LogP contribution is 2.22. The van der Waals surface area contributed by atoms with Gasteiger partial charge in [0.15, 0.2) is 0 Å². The van der Waals surface area contributed by atoms with Crippen molar-refractivity contribution in [2.24, 2.45) is 11.7 Å². The van der Waals surface area contributed by atoms with E-state index in [1.165, 1.54) is 0 Å². The molecule has 21 heavy (non-hydrogen) atoms. The van der Waals surface area contributed by atoms with Gasteiger partial charge in [-0.1, -0.05) is 13.0 Å². The second kappa shape index (κ2) is 7.46. The standard InChI is InChI=1S/C17H26N2O2/c1-3-10-21-16-8-4-6-14(11-16)17(20)19-9-5-7-15(12-19)13(2)18/h4,6,8,11,13,15H,3,5,7,9-10,12,18H2,1-2H3. The summed E-state index contributed by atoms with van der Waals surface area (Å²) in [6.45, 7) is 6.35. The minimum atomic E-state index is 0.0855. The Balaban J connectivity index is 2.05. The smallest absolute Gasteiger partial charge is 0.253 e. The first kappa shape index (κ1) is 15.8. The van der Waals surface area contributed by atoms with Gasteiger partial charge in [-0.15, -0.1) is 0 Å². The molecule has 2 N–H and O–H groups in total. The molecule has 1 fully saturated rings. The number of rotatable bonds is 5. The molecule has 0 aliphatic carbocycles. The molecule has 4 heteroatoms. The van der Waals surface area contributed by atoms with Gasteiger partial charge in [-0.2, -0.15) is 0 Å². The fraction of sp³-hybridized carbons (Fsp3) is 0.588. The van der Waals surface area contributed by atoms with E-state index in [-0.39, 0.29) is 11.9 Å².